The Morgan fingerprint density at radius 3 is 2.15 bits per heavy atom. The van der Waals surface area contributed by atoms with Crippen molar-refractivity contribution in [2.45, 2.75) is 59.3 Å². The molecule has 0 aliphatic rings. The second-order valence-corrected chi connectivity index (χ2v) is 10.7. The molecular formula is C20H32ClO3PSe. The normalized spacial score (nSPS) is 12.9. The van der Waals surface area contributed by atoms with E-state index in [-0.39, 0.29) is 15.0 Å². The summed E-state index contributed by atoms with van der Waals surface area (Å²) in [5.74, 6) is 0.364. The Morgan fingerprint density at radius 2 is 1.62 bits per heavy atom. The molecule has 0 atom stereocenters. The molecule has 0 saturated heterocycles. The van der Waals surface area contributed by atoms with Crippen LogP contribution in [0.3, 0.4) is 0 Å². The van der Waals surface area contributed by atoms with E-state index >= 15 is 0 Å². The summed E-state index contributed by atoms with van der Waals surface area (Å²) in [5.41, 5.74) is 0. The average Bonchev–Trinajstić information content (AvgIpc) is 2.64. The molecule has 0 unspecified atom stereocenters. The third kappa shape index (κ3) is 8.30. The van der Waals surface area contributed by atoms with Gasteiger partial charge in [0.2, 0.25) is 0 Å². The van der Waals surface area contributed by atoms with E-state index in [1.54, 1.807) is 0 Å². The van der Waals surface area contributed by atoms with Crippen molar-refractivity contribution in [2.24, 2.45) is 0 Å². The molecule has 1 aromatic carbocycles. The van der Waals surface area contributed by atoms with Gasteiger partial charge in [0.1, 0.15) is 0 Å². The van der Waals surface area contributed by atoms with Gasteiger partial charge in [-0.25, -0.2) is 0 Å². The molecule has 3 nitrogen and oxygen atoms in total. The molecule has 0 aromatic heterocycles. The van der Waals surface area contributed by atoms with Gasteiger partial charge in [-0.3, -0.25) is 0 Å². The van der Waals surface area contributed by atoms with Crippen LogP contribution in [0.15, 0.2) is 40.1 Å². The Balaban J connectivity index is 3.10. The molecule has 0 saturated carbocycles. The first-order valence-electron chi connectivity index (χ1n) is 9.51. The van der Waals surface area contributed by atoms with Crippen molar-refractivity contribution in [3.05, 3.63) is 40.1 Å². The molecule has 6 heteroatoms. The van der Waals surface area contributed by atoms with E-state index in [0.29, 0.717) is 19.1 Å². The van der Waals surface area contributed by atoms with Crippen LogP contribution in [-0.2, 0) is 13.6 Å². The Labute approximate surface area is 170 Å². The summed E-state index contributed by atoms with van der Waals surface area (Å²) < 4.78 is 27.0. The second-order valence-electron chi connectivity index (χ2n) is 5.92. The van der Waals surface area contributed by atoms with Gasteiger partial charge < -0.3 is 0 Å². The van der Waals surface area contributed by atoms with Crippen LogP contribution >= 0.6 is 19.2 Å². The molecule has 1 rings (SSSR count). The summed E-state index contributed by atoms with van der Waals surface area (Å²) in [5, 5.41) is 0.816. The summed E-state index contributed by atoms with van der Waals surface area (Å²) in [6, 6.07) is 10.2. The Kier molecular flexibility index (Phi) is 12.9. The van der Waals surface area contributed by atoms with Crippen LogP contribution in [0.1, 0.15) is 59.3 Å². The van der Waals surface area contributed by atoms with Gasteiger partial charge in [0.05, 0.1) is 0 Å². The summed E-state index contributed by atoms with van der Waals surface area (Å²) in [6.07, 6.45) is 6.51. The zero-order valence-corrected chi connectivity index (χ0v) is 19.6. The van der Waals surface area contributed by atoms with Gasteiger partial charge in [0.15, 0.2) is 0 Å². The number of unbranched alkanes of at least 4 members (excludes halogenated alkanes) is 4. The fourth-order valence-corrected chi connectivity index (χ4v) is 7.80. The molecule has 0 bridgehead atoms. The summed E-state index contributed by atoms with van der Waals surface area (Å²) in [7, 11) is -3.28. The van der Waals surface area contributed by atoms with E-state index in [0.717, 1.165) is 29.0 Å². The number of halogens is 1. The fraction of sp³-hybridized carbons (Fsp3) is 0.600. The van der Waals surface area contributed by atoms with Gasteiger partial charge in [0.25, 0.3) is 0 Å². The van der Waals surface area contributed by atoms with Gasteiger partial charge in [-0.1, -0.05) is 0 Å². The SMILES string of the molecule is CCCCCCC/C(=C(\CCl)[Se]c1ccccc1)P(=O)(OCC)OCC. The minimum atomic E-state index is -3.28. The number of alkyl halides is 1. The van der Waals surface area contributed by atoms with E-state index in [1.807, 2.05) is 32.0 Å². The van der Waals surface area contributed by atoms with Gasteiger partial charge in [0, 0.05) is 0 Å². The first-order chi connectivity index (χ1) is 12.6. The van der Waals surface area contributed by atoms with E-state index in [2.05, 4.69) is 19.1 Å². The van der Waals surface area contributed by atoms with Crippen LogP contribution in [0.5, 0.6) is 0 Å². The number of hydrogen-bond donors (Lipinski definition) is 0. The molecule has 0 amide bonds. The first kappa shape index (κ1) is 24.0. The van der Waals surface area contributed by atoms with Gasteiger partial charge in [-0.05, 0) is 0 Å². The standard InChI is InChI=1S/C20H32ClO3PSe/c1-4-7-8-9-13-16-19(25(22,23-5-2)24-6-3)20(17-21)26-18-14-11-10-12-15-18/h10-12,14-15H,4-9,13,16-17H2,1-3H3/b20-19-. The van der Waals surface area contributed by atoms with E-state index in [9.17, 15) is 4.57 Å². The van der Waals surface area contributed by atoms with Crippen LogP contribution in [0.25, 0.3) is 0 Å². The summed E-state index contributed by atoms with van der Waals surface area (Å²) in [6.45, 7) is 6.65. The molecule has 0 aliphatic carbocycles. The topological polar surface area (TPSA) is 35.5 Å². The predicted molar refractivity (Wildman–Crippen MR) is 114 cm³/mol. The maximum atomic E-state index is 13.5. The van der Waals surface area contributed by atoms with Crippen molar-refractivity contribution in [1.82, 2.24) is 0 Å². The van der Waals surface area contributed by atoms with Gasteiger partial charge >= 0.3 is 171 Å². The van der Waals surface area contributed by atoms with Crippen molar-refractivity contribution < 1.29 is 13.6 Å². The molecule has 26 heavy (non-hydrogen) atoms. The monoisotopic (exact) mass is 466 g/mol. The van der Waals surface area contributed by atoms with Crippen LogP contribution in [-0.4, -0.2) is 34.1 Å². The van der Waals surface area contributed by atoms with Crippen molar-refractivity contribution in [2.75, 3.05) is 19.1 Å². The van der Waals surface area contributed by atoms with Crippen LogP contribution in [0, 0.1) is 0 Å². The quantitative estimate of drug-likeness (QED) is 0.144. The van der Waals surface area contributed by atoms with Crippen molar-refractivity contribution in [1.29, 1.82) is 0 Å². The van der Waals surface area contributed by atoms with Crippen molar-refractivity contribution in [3.63, 3.8) is 0 Å². The van der Waals surface area contributed by atoms with Crippen LogP contribution in [0.2, 0.25) is 0 Å². The third-order valence-corrected chi connectivity index (χ3v) is 9.59. The van der Waals surface area contributed by atoms with Crippen molar-refractivity contribution in [3.8, 4) is 0 Å². The van der Waals surface area contributed by atoms with E-state index < -0.39 is 7.60 Å². The number of allylic oxidation sites excluding steroid dienone is 2. The molecule has 1 aromatic rings. The maximum absolute atomic E-state index is 13.5. The minimum absolute atomic E-state index is 0.0195. The molecule has 0 heterocycles. The Morgan fingerprint density at radius 1 is 1.00 bits per heavy atom. The van der Waals surface area contributed by atoms with Crippen molar-refractivity contribution >= 4 is 38.6 Å². The second kappa shape index (κ2) is 14.0. The predicted octanol–water partition coefficient (Wildman–Crippen LogP) is 6.09. The molecule has 0 N–H and O–H groups in total. The van der Waals surface area contributed by atoms with Gasteiger partial charge in [-0.15, -0.1) is 0 Å². The fourth-order valence-electron chi connectivity index (χ4n) is 2.65. The van der Waals surface area contributed by atoms with Crippen LogP contribution in [0.4, 0.5) is 0 Å². The Hall–Kier alpha value is -0.0805. The molecule has 148 valence electrons. The van der Waals surface area contributed by atoms with Gasteiger partial charge in [-0.2, -0.15) is 0 Å². The summed E-state index contributed by atoms with van der Waals surface area (Å²) >= 11 is 6.33. The zero-order chi connectivity index (χ0) is 19.3. The van der Waals surface area contributed by atoms with E-state index in [4.69, 9.17) is 20.6 Å². The molecule has 0 aliphatic heterocycles. The number of hydrogen-bond acceptors (Lipinski definition) is 3. The average molecular weight is 466 g/mol. The third-order valence-electron chi connectivity index (χ3n) is 3.87. The molecule has 0 spiro atoms. The first-order valence-corrected chi connectivity index (χ1v) is 13.3. The number of benzene rings is 1. The van der Waals surface area contributed by atoms with Crippen LogP contribution < -0.4 is 4.46 Å². The molecular weight excluding hydrogens is 434 g/mol. The molecule has 0 radical (unpaired) electrons. The number of rotatable bonds is 14. The zero-order valence-electron chi connectivity index (χ0n) is 16.2. The Bertz CT molecular complexity index is 568. The summed E-state index contributed by atoms with van der Waals surface area (Å²) in [4.78, 5) is 0. The molecule has 0 fully saturated rings. The van der Waals surface area contributed by atoms with E-state index in [1.165, 1.54) is 23.7 Å².